The van der Waals surface area contributed by atoms with E-state index < -0.39 is 0 Å². The molecule has 0 spiro atoms. The van der Waals surface area contributed by atoms with E-state index in [9.17, 15) is 4.39 Å². The van der Waals surface area contributed by atoms with Gasteiger partial charge in [-0.15, -0.1) is 24.0 Å². The zero-order valence-electron chi connectivity index (χ0n) is 14.9. The molecule has 1 aromatic heterocycles. The molecule has 0 fully saturated rings. The average molecular weight is 467 g/mol. The molecule has 0 bridgehead atoms. The number of benzene rings is 2. The van der Waals surface area contributed by atoms with Crippen LogP contribution in [0.5, 0.6) is 0 Å². The molecule has 0 aliphatic heterocycles. The second-order valence-corrected chi connectivity index (χ2v) is 5.88. The molecular weight excluding hydrogens is 444 g/mol. The van der Waals surface area contributed by atoms with E-state index in [-0.39, 0.29) is 29.8 Å². The summed E-state index contributed by atoms with van der Waals surface area (Å²) in [6.07, 6.45) is 1.86. The summed E-state index contributed by atoms with van der Waals surface area (Å²) in [5, 5.41) is 3.36. The van der Waals surface area contributed by atoms with Gasteiger partial charge in [0.15, 0.2) is 5.96 Å². The number of nitrogens with one attached hydrogen (secondary N) is 1. The van der Waals surface area contributed by atoms with Gasteiger partial charge in [0, 0.05) is 33.7 Å². The number of halogens is 2. The van der Waals surface area contributed by atoms with Crippen LogP contribution >= 0.6 is 24.0 Å². The third-order valence-electron chi connectivity index (χ3n) is 4.07. The highest BCUT2D eigenvalue weighted by atomic mass is 127. The zero-order chi connectivity index (χ0) is 17.6. The van der Waals surface area contributed by atoms with Crippen molar-refractivity contribution in [1.29, 1.82) is 0 Å². The van der Waals surface area contributed by atoms with Gasteiger partial charge >= 0.3 is 0 Å². The Hall–Kier alpha value is -2.16. The standard InChI is InChI=1S/C19H22FN5.HI/c1-21-19(24(2)13-15-7-9-16(20)10-8-15)22-11-12-25-14-23-17-5-3-4-6-18(17)25;/h3-10,14H,11-13H2,1-2H3,(H,21,22);1H. The van der Waals surface area contributed by atoms with Crippen LogP contribution in [0.2, 0.25) is 0 Å². The Morgan fingerprint density at radius 1 is 1.19 bits per heavy atom. The van der Waals surface area contributed by atoms with Crippen LogP contribution in [0.4, 0.5) is 4.39 Å². The quantitative estimate of drug-likeness (QED) is 0.355. The second-order valence-electron chi connectivity index (χ2n) is 5.88. The van der Waals surface area contributed by atoms with Crippen LogP contribution in [0.1, 0.15) is 5.56 Å². The molecule has 5 nitrogen and oxygen atoms in total. The van der Waals surface area contributed by atoms with E-state index in [0.717, 1.165) is 35.6 Å². The number of fused-ring (bicyclic) bond motifs is 1. The van der Waals surface area contributed by atoms with Gasteiger partial charge in [-0.1, -0.05) is 24.3 Å². The van der Waals surface area contributed by atoms with E-state index in [1.165, 1.54) is 12.1 Å². The van der Waals surface area contributed by atoms with Crippen LogP contribution in [0.15, 0.2) is 59.9 Å². The minimum absolute atomic E-state index is 0. The molecule has 0 atom stereocenters. The van der Waals surface area contributed by atoms with Gasteiger partial charge in [0.05, 0.1) is 17.4 Å². The minimum atomic E-state index is -0.221. The third kappa shape index (κ3) is 4.94. The fraction of sp³-hybridized carbons (Fsp3) is 0.263. The summed E-state index contributed by atoms with van der Waals surface area (Å²) in [5.74, 6) is 0.579. The van der Waals surface area contributed by atoms with Crippen LogP contribution in [0.25, 0.3) is 11.0 Å². The van der Waals surface area contributed by atoms with Gasteiger partial charge in [-0.05, 0) is 29.8 Å². The van der Waals surface area contributed by atoms with Crippen LogP contribution in [0.3, 0.4) is 0 Å². The van der Waals surface area contributed by atoms with Gasteiger partial charge < -0.3 is 14.8 Å². The highest BCUT2D eigenvalue weighted by Gasteiger charge is 2.07. The summed E-state index contributed by atoms with van der Waals surface area (Å²) in [4.78, 5) is 10.7. The topological polar surface area (TPSA) is 45.5 Å². The lowest BCUT2D eigenvalue weighted by molar-refractivity contribution is 0.473. The van der Waals surface area contributed by atoms with Gasteiger partial charge in [0.1, 0.15) is 5.82 Å². The minimum Gasteiger partial charge on any atom is -0.354 e. The SMILES string of the molecule is CN=C(NCCn1cnc2ccccc21)N(C)Cc1ccc(F)cc1.I. The molecular formula is C19H23FIN5. The molecule has 0 saturated heterocycles. The van der Waals surface area contributed by atoms with Crippen molar-refractivity contribution in [3.63, 3.8) is 0 Å². The average Bonchev–Trinajstić information content (AvgIpc) is 3.04. The lowest BCUT2D eigenvalue weighted by Gasteiger charge is -2.22. The largest absolute Gasteiger partial charge is 0.354 e. The molecule has 1 heterocycles. The molecule has 26 heavy (non-hydrogen) atoms. The molecule has 0 saturated carbocycles. The van der Waals surface area contributed by atoms with E-state index in [1.54, 1.807) is 19.2 Å². The normalized spacial score (nSPS) is 11.3. The summed E-state index contributed by atoms with van der Waals surface area (Å²) in [6.45, 7) is 2.19. The van der Waals surface area contributed by atoms with Crippen LogP contribution in [-0.2, 0) is 13.1 Å². The molecule has 7 heteroatoms. The summed E-state index contributed by atoms with van der Waals surface area (Å²) >= 11 is 0. The van der Waals surface area contributed by atoms with E-state index >= 15 is 0 Å². The lowest BCUT2D eigenvalue weighted by Crippen LogP contribution is -2.39. The number of para-hydroxylation sites is 2. The molecule has 0 aliphatic rings. The van der Waals surface area contributed by atoms with Gasteiger partial charge in [-0.2, -0.15) is 0 Å². The maximum absolute atomic E-state index is 13.0. The smallest absolute Gasteiger partial charge is 0.193 e. The molecule has 3 aromatic rings. The number of aromatic nitrogens is 2. The van der Waals surface area contributed by atoms with E-state index in [0.29, 0.717) is 6.54 Å². The van der Waals surface area contributed by atoms with Crippen molar-refractivity contribution in [3.8, 4) is 0 Å². The maximum Gasteiger partial charge on any atom is 0.193 e. The van der Waals surface area contributed by atoms with E-state index in [2.05, 4.69) is 25.9 Å². The maximum atomic E-state index is 13.0. The van der Waals surface area contributed by atoms with Crippen LogP contribution < -0.4 is 5.32 Å². The lowest BCUT2D eigenvalue weighted by atomic mass is 10.2. The Morgan fingerprint density at radius 3 is 2.65 bits per heavy atom. The highest BCUT2D eigenvalue weighted by Crippen LogP contribution is 2.11. The fourth-order valence-corrected chi connectivity index (χ4v) is 2.80. The number of nitrogens with zero attached hydrogens (tertiary/aromatic N) is 4. The molecule has 0 unspecified atom stereocenters. The van der Waals surface area contributed by atoms with E-state index in [1.807, 2.05) is 36.5 Å². The second kappa shape index (κ2) is 9.51. The van der Waals surface area contributed by atoms with Crippen molar-refractivity contribution in [2.45, 2.75) is 13.1 Å². The molecule has 0 radical (unpaired) electrons. The van der Waals surface area contributed by atoms with E-state index in [4.69, 9.17) is 0 Å². The van der Waals surface area contributed by atoms with Crippen molar-refractivity contribution in [2.24, 2.45) is 4.99 Å². The van der Waals surface area contributed by atoms with Crippen molar-refractivity contribution >= 4 is 41.0 Å². The predicted octanol–water partition coefficient (Wildman–Crippen LogP) is 3.50. The van der Waals surface area contributed by atoms with Crippen molar-refractivity contribution in [1.82, 2.24) is 19.8 Å². The van der Waals surface area contributed by atoms with Gasteiger partial charge in [-0.3, -0.25) is 4.99 Å². The number of rotatable bonds is 5. The number of hydrogen-bond donors (Lipinski definition) is 1. The Bertz CT molecular complexity index is 860. The molecule has 0 aliphatic carbocycles. The fourth-order valence-electron chi connectivity index (χ4n) is 2.80. The van der Waals surface area contributed by atoms with Crippen LogP contribution in [0, 0.1) is 5.82 Å². The van der Waals surface area contributed by atoms with Crippen molar-refractivity contribution in [3.05, 3.63) is 66.2 Å². The monoisotopic (exact) mass is 467 g/mol. The van der Waals surface area contributed by atoms with Gasteiger partial charge in [-0.25, -0.2) is 9.37 Å². The highest BCUT2D eigenvalue weighted by molar-refractivity contribution is 14.0. The predicted molar refractivity (Wildman–Crippen MR) is 114 cm³/mol. The Balaban J connectivity index is 0.00000243. The number of hydrogen-bond acceptors (Lipinski definition) is 2. The van der Waals surface area contributed by atoms with Crippen molar-refractivity contribution in [2.75, 3.05) is 20.6 Å². The summed E-state index contributed by atoms with van der Waals surface area (Å²) in [5.41, 5.74) is 3.16. The summed E-state index contributed by atoms with van der Waals surface area (Å²) < 4.78 is 15.1. The van der Waals surface area contributed by atoms with Crippen LogP contribution in [-0.4, -0.2) is 41.1 Å². The Kier molecular flexibility index (Phi) is 7.38. The Morgan fingerprint density at radius 2 is 1.92 bits per heavy atom. The molecule has 0 amide bonds. The molecule has 3 rings (SSSR count). The first-order valence-corrected chi connectivity index (χ1v) is 8.23. The first kappa shape index (κ1) is 20.2. The Labute approximate surface area is 170 Å². The zero-order valence-corrected chi connectivity index (χ0v) is 17.2. The first-order chi connectivity index (χ1) is 12.2. The summed E-state index contributed by atoms with van der Waals surface area (Å²) in [6, 6.07) is 14.6. The van der Waals surface area contributed by atoms with Gasteiger partial charge in [0.2, 0.25) is 0 Å². The third-order valence-corrected chi connectivity index (χ3v) is 4.07. The molecule has 2 aromatic carbocycles. The van der Waals surface area contributed by atoms with Crippen molar-refractivity contribution < 1.29 is 4.39 Å². The van der Waals surface area contributed by atoms with Gasteiger partial charge in [0.25, 0.3) is 0 Å². The first-order valence-electron chi connectivity index (χ1n) is 8.23. The number of imidazole rings is 1. The number of aliphatic imine (C=N–C) groups is 1. The number of guanidine groups is 1. The summed E-state index contributed by atoms with van der Waals surface area (Å²) in [7, 11) is 3.72. The molecule has 1 N–H and O–H groups in total. The molecule has 138 valence electrons.